The largest absolute Gasteiger partial charge is 0.416 e. The Kier molecular flexibility index (Phi) is 5.80. The average Bonchev–Trinajstić information content (AvgIpc) is 2.88. The Bertz CT molecular complexity index is 933. The number of anilines is 2. The standard InChI is InChI=1S/C22H25F4N3O/c1-13-9-17-18(10-16(23)20(27-17)28-19(30)11-21(2,3)4)29(13)12-14-5-7-15(8-6-14)22(24,25)26/h5-8,10,13H,9,11-12H2,1-4H3,(H,27,28,30). The molecule has 4 nitrogen and oxygen atoms in total. The predicted octanol–water partition coefficient (Wildman–Crippen LogP) is 5.57. The lowest BCUT2D eigenvalue weighted by atomic mass is 9.92. The number of hydrogen-bond donors (Lipinski definition) is 1. The first-order chi connectivity index (χ1) is 13.8. The molecule has 3 rings (SSSR count). The van der Waals surface area contributed by atoms with Crippen LogP contribution in [0, 0.1) is 11.2 Å². The summed E-state index contributed by atoms with van der Waals surface area (Å²) in [7, 11) is 0. The van der Waals surface area contributed by atoms with Gasteiger partial charge in [0, 0.05) is 31.5 Å². The lowest BCUT2D eigenvalue weighted by Gasteiger charge is -2.25. The number of fused-ring (bicyclic) bond motifs is 1. The monoisotopic (exact) mass is 423 g/mol. The molecule has 1 amide bonds. The van der Waals surface area contributed by atoms with Crippen LogP contribution in [-0.2, 0) is 23.9 Å². The van der Waals surface area contributed by atoms with Crippen molar-refractivity contribution in [3.05, 3.63) is 53.0 Å². The van der Waals surface area contributed by atoms with E-state index in [2.05, 4.69) is 10.3 Å². The highest BCUT2D eigenvalue weighted by atomic mass is 19.4. The lowest BCUT2D eigenvalue weighted by Crippen LogP contribution is -2.28. The molecule has 162 valence electrons. The summed E-state index contributed by atoms with van der Waals surface area (Å²) in [4.78, 5) is 18.4. The number of nitrogens with zero attached hydrogens (tertiary/aromatic N) is 2. The number of rotatable bonds is 4. The molecule has 2 heterocycles. The third-order valence-corrected chi connectivity index (χ3v) is 4.95. The topological polar surface area (TPSA) is 45.2 Å². The Labute approximate surface area is 173 Å². The number of alkyl halides is 3. The van der Waals surface area contributed by atoms with E-state index < -0.39 is 17.6 Å². The first-order valence-corrected chi connectivity index (χ1v) is 9.75. The van der Waals surface area contributed by atoms with Crippen LogP contribution in [0.2, 0.25) is 0 Å². The van der Waals surface area contributed by atoms with E-state index >= 15 is 0 Å². The summed E-state index contributed by atoms with van der Waals surface area (Å²) in [6, 6.07) is 6.28. The minimum absolute atomic E-state index is 0.00489. The summed E-state index contributed by atoms with van der Waals surface area (Å²) in [6.45, 7) is 8.03. The molecule has 1 aromatic heterocycles. The fourth-order valence-corrected chi connectivity index (χ4v) is 3.53. The minimum Gasteiger partial charge on any atom is -0.363 e. The van der Waals surface area contributed by atoms with Crippen LogP contribution in [-0.4, -0.2) is 16.9 Å². The van der Waals surface area contributed by atoms with Gasteiger partial charge in [-0.1, -0.05) is 32.9 Å². The molecule has 30 heavy (non-hydrogen) atoms. The van der Waals surface area contributed by atoms with Gasteiger partial charge < -0.3 is 10.2 Å². The number of amides is 1. The average molecular weight is 423 g/mol. The number of carbonyl (C=O) groups excluding carboxylic acids is 1. The van der Waals surface area contributed by atoms with Crippen LogP contribution in [0.1, 0.15) is 50.9 Å². The van der Waals surface area contributed by atoms with Gasteiger partial charge in [0.2, 0.25) is 5.91 Å². The van der Waals surface area contributed by atoms with Crippen molar-refractivity contribution in [2.75, 3.05) is 10.2 Å². The normalized spacial score (nSPS) is 16.5. The number of benzene rings is 1. The van der Waals surface area contributed by atoms with E-state index in [1.54, 1.807) is 0 Å². The first-order valence-electron chi connectivity index (χ1n) is 9.75. The Morgan fingerprint density at radius 1 is 1.20 bits per heavy atom. The summed E-state index contributed by atoms with van der Waals surface area (Å²) in [5.74, 6) is -1.03. The van der Waals surface area contributed by atoms with Gasteiger partial charge in [0.1, 0.15) is 0 Å². The Hall–Kier alpha value is -2.64. The molecule has 1 aliphatic heterocycles. The van der Waals surface area contributed by atoms with Crippen LogP contribution in [0.25, 0.3) is 0 Å². The number of halogens is 4. The summed E-state index contributed by atoms with van der Waals surface area (Å²) in [5.41, 5.74) is 0.996. The molecule has 8 heteroatoms. The van der Waals surface area contributed by atoms with Gasteiger partial charge in [0.05, 0.1) is 16.9 Å². The molecule has 1 unspecified atom stereocenters. The molecular weight excluding hydrogens is 398 g/mol. The van der Waals surface area contributed by atoms with E-state index in [-0.39, 0.29) is 29.6 Å². The zero-order valence-electron chi connectivity index (χ0n) is 17.4. The van der Waals surface area contributed by atoms with Crippen LogP contribution in [0.4, 0.5) is 29.1 Å². The number of carbonyl (C=O) groups is 1. The quantitative estimate of drug-likeness (QED) is 0.655. The van der Waals surface area contributed by atoms with Gasteiger partial charge >= 0.3 is 6.18 Å². The molecule has 0 saturated heterocycles. The number of pyridine rings is 1. The number of aromatic nitrogens is 1. The summed E-state index contributed by atoms with van der Waals surface area (Å²) in [5, 5.41) is 2.55. The van der Waals surface area contributed by atoms with E-state index in [0.717, 1.165) is 12.1 Å². The van der Waals surface area contributed by atoms with Gasteiger partial charge in [-0.15, -0.1) is 0 Å². The fraction of sp³-hybridized carbons (Fsp3) is 0.455. The lowest BCUT2D eigenvalue weighted by molar-refractivity contribution is -0.137. The van der Waals surface area contributed by atoms with Crippen molar-refractivity contribution >= 4 is 17.4 Å². The van der Waals surface area contributed by atoms with Gasteiger partial charge in [-0.3, -0.25) is 4.79 Å². The highest BCUT2D eigenvalue weighted by Crippen LogP contribution is 2.35. The smallest absolute Gasteiger partial charge is 0.363 e. The van der Waals surface area contributed by atoms with E-state index in [9.17, 15) is 22.4 Å². The minimum atomic E-state index is -4.38. The van der Waals surface area contributed by atoms with Crippen LogP contribution >= 0.6 is 0 Å². The van der Waals surface area contributed by atoms with Crippen LogP contribution in [0.15, 0.2) is 30.3 Å². The van der Waals surface area contributed by atoms with Gasteiger partial charge in [-0.05, 0) is 30.0 Å². The van der Waals surface area contributed by atoms with Gasteiger partial charge in [0.25, 0.3) is 0 Å². The third kappa shape index (κ3) is 5.09. The van der Waals surface area contributed by atoms with Crippen molar-refractivity contribution in [2.24, 2.45) is 5.41 Å². The molecule has 0 radical (unpaired) electrons. The predicted molar refractivity (Wildman–Crippen MR) is 108 cm³/mol. The number of hydrogen-bond acceptors (Lipinski definition) is 3. The summed E-state index contributed by atoms with van der Waals surface area (Å²) >= 11 is 0. The summed E-state index contributed by atoms with van der Waals surface area (Å²) < 4.78 is 52.9. The molecule has 1 aliphatic rings. The molecule has 1 aromatic carbocycles. The van der Waals surface area contributed by atoms with Crippen molar-refractivity contribution in [1.29, 1.82) is 0 Å². The molecule has 0 bridgehead atoms. The maximum Gasteiger partial charge on any atom is 0.416 e. The van der Waals surface area contributed by atoms with Crippen molar-refractivity contribution in [2.45, 2.75) is 59.3 Å². The highest BCUT2D eigenvalue weighted by Gasteiger charge is 2.32. The van der Waals surface area contributed by atoms with Crippen molar-refractivity contribution in [3.8, 4) is 0 Å². The van der Waals surface area contributed by atoms with Gasteiger partial charge in [-0.2, -0.15) is 13.2 Å². The van der Waals surface area contributed by atoms with Gasteiger partial charge in [-0.25, -0.2) is 9.37 Å². The van der Waals surface area contributed by atoms with E-state index in [1.165, 1.54) is 18.2 Å². The SMILES string of the molecule is CC1Cc2nc(NC(=O)CC(C)(C)C)c(F)cc2N1Cc1ccc(C(F)(F)F)cc1. The molecule has 1 N–H and O–H groups in total. The van der Waals surface area contributed by atoms with E-state index in [0.29, 0.717) is 29.9 Å². The Balaban J connectivity index is 1.78. The second kappa shape index (κ2) is 7.89. The Morgan fingerprint density at radius 2 is 1.83 bits per heavy atom. The summed E-state index contributed by atoms with van der Waals surface area (Å²) in [6.07, 6.45) is -3.59. The highest BCUT2D eigenvalue weighted by molar-refractivity contribution is 5.90. The molecular formula is C22H25F4N3O. The zero-order chi connectivity index (χ0) is 22.3. The molecule has 0 fully saturated rings. The van der Waals surface area contributed by atoms with E-state index in [4.69, 9.17) is 0 Å². The van der Waals surface area contributed by atoms with Crippen LogP contribution in [0.5, 0.6) is 0 Å². The maximum absolute atomic E-state index is 14.6. The number of nitrogens with one attached hydrogen (secondary N) is 1. The van der Waals surface area contributed by atoms with Crippen molar-refractivity contribution in [3.63, 3.8) is 0 Å². The third-order valence-electron chi connectivity index (χ3n) is 4.95. The van der Waals surface area contributed by atoms with Crippen LogP contribution < -0.4 is 10.2 Å². The second-order valence-electron chi connectivity index (χ2n) is 8.95. The van der Waals surface area contributed by atoms with Crippen molar-refractivity contribution in [1.82, 2.24) is 4.98 Å². The van der Waals surface area contributed by atoms with Gasteiger partial charge in [0.15, 0.2) is 11.6 Å². The molecule has 2 aromatic rings. The molecule has 1 atom stereocenters. The molecule has 0 spiro atoms. The van der Waals surface area contributed by atoms with Crippen LogP contribution in [0.3, 0.4) is 0 Å². The molecule has 0 saturated carbocycles. The van der Waals surface area contributed by atoms with Crippen molar-refractivity contribution < 1.29 is 22.4 Å². The zero-order valence-corrected chi connectivity index (χ0v) is 17.4. The maximum atomic E-state index is 14.6. The first kappa shape index (κ1) is 22.1. The Morgan fingerprint density at radius 3 is 2.40 bits per heavy atom. The van der Waals surface area contributed by atoms with E-state index in [1.807, 2.05) is 32.6 Å². The molecule has 0 aliphatic carbocycles. The second-order valence-corrected chi connectivity index (χ2v) is 8.95. The fourth-order valence-electron chi connectivity index (χ4n) is 3.53.